The summed E-state index contributed by atoms with van der Waals surface area (Å²) in [7, 11) is 0. The van der Waals surface area contributed by atoms with E-state index in [9.17, 15) is 9.90 Å². The lowest BCUT2D eigenvalue weighted by molar-refractivity contribution is -0.123. The molecule has 4 heteroatoms. The van der Waals surface area contributed by atoms with Crippen molar-refractivity contribution in [2.75, 3.05) is 6.61 Å². The molecule has 2 N–H and O–H groups in total. The fourth-order valence-corrected chi connectivity index (χ4v) is 2.81. The highest BCUT2D eigenvalue weighted by molar-refractivity contribution is 7.08. The quantitative estimate of drug-likeness (QED) is 0.858. The lowest BCUT2D eigenvalue weighted by Gasteiger charge is -2.19. The molecule has 1 heterocycles. The second-order valence-electron chi connectivity index (χ2n) is 4.86. The molecule has 2 rings (SSSR count). The van der Waals surface area contributed by atoms with Crippen molar-refractivity contribution in [2.24, 2.45) is 0 Å². The molecule has 0 saturated heterocycles. The molecule has 1 aromatic heterocycles. The summed E-state index contributed by atoms with van der Waals surface area (Å²) in [6, 6.07) is 11.6. The number of rotatable bonds is 6. The number of hydrogen-bond acceptors (Lipinski definition) is 3. The predicted molar refractivity (Wildman–Crippen MR) is 81.9 cm³/mol. The van der Waals surface area contributed by atoms with E-state index in [1.54, 1.807) is 11.3 Å². The molecule has 2 atom stereocenters. The van der Waals surface area contributed by atoms with Crippen LogP contribution in [0.15, 0.2) is 47.2 Å². The Bertz CT molecular complexity index is 525. The lowest BCUT2D eigenvalue weighted by atomic mass is 10.0. The van der Waals surface area contributed by atoms with Crippen molar-refractivity contribution in [3.05, 3.63) is 58.3 Å². The molecule has 2 unspecified atom stereocenters. The number of carbonyl (C=O) groups is 1. The predicted octanol–water partition coefficient (Wildman–Crippen LogP) is 2.57. The highest BCUT2D eigenvalue weighted by Crippen LogP contribution is 2.18. The Kier molecular flexibility index (Phi) is 5.32. The van der Waals surface area contributed by atoms with E-state index in [4.69, 9.17) is 0 Å². The molecule has 0 aliphatic heterocycles. The summed E-state index contributed by atoms with van der Waals surface area (Å²) in [5.41, 5.74) is 2.12. The van der Waals surface area contributed by atoms with E-state index in [2.05, 4.69) is 5.32 Å². The monoisotopic (exact) mass is 289 g/mol. The molecule has 1 aromatic carbocycles. The molecule has 0 aliphatic rings. The Morgan fingerprint density at radius 3 is 2.65 bits per heavy atom. The SMILES string of the molecule is CC(C(=O)NC(CO)Cc1ccccc1)c1ccsc1. The zero-order valence-corrected chi connectivity index (χ0v) is 12.3. The number of nitrogens with one attached hydrogen (secondary N) is 1. The van der Waals surface area contributed by atoms with Crippen molar-refractivity contribution in [1.82, 2.24) is 5.32 Å². The Morgan fingerprint density at radius 1 is 1.30 bits per heavy atom. The highest BCUT2D eigenvalue weighted by Gasteiger charge is 2.19. The summed E-state index contributed by atoms with van der Waals surface area (Å²) in [5, 5.41) is 16.3. The molecule has 0 spiro atoms. The van der Waals surface area contributed by atoms with Crippen molar-refractivity contribution in [3.63, 3.8) is 0 Å². The zero-order chi connectivity index (χ0) is 14.4. The van der Waals surface area contributed by atoms with Crippen LogP contribution in [0.4, 0.5) is 0 Å². The van der Waals surface area contributed by atoms with Gasteiger partial charge in [-0.05, 0) is 41.3 Å². The molecule has 0 fully saturated rings. The third-order valence-electron chi connectivity index (χ3n) is 3.33. The van der Waals surface area contributed by atoms with Gasteiger partial charge in [-0.15, -0.1) is 0 Å². The van der Waals surface area contributed by atoms with Gasteiger partial charge in [0.05, 0.1) is 18.6 Å². The van der Waals surface area contributed by atoms with Gasteiger partial charge in [0.15, 0.2) is 0 Å². The summed E-state index contributed by atoms with van der Waals surface area (Å²) >= 11 is 1.58. The minimum absolute atomic E-state index is 0.0432. The maximum Gasteiger partial charge on any atom is 0.227 e. The van der Waals surface area contributed by atoms with Crippen molar-refractivity contribution in [3.8, 4) is 0 Å². The average molecular weight is 289 g/mol. The first-order chi connectivity index (χ1) is 9.70. The van der Waals surface area contributed by atoms with Crippen LogP contribution in [0, 0.1) is 0 Å². The summed E-state index contributed by atoms with van der Waals surface area (Å²) in [6.07, 6.45) is 0.638. The third-order valence-corrected chi connectivity index (χ3v) is 4.03. The third kappa shape index (κ3) is 3.92. The maximum atomic E-state index is 12.2. The van der Waals surface area contributed by atoms with Gasteiger partial charge in [0.2, 0.25) is 5.91 Å². The smallest absolute Gasteiger partial charge is 0.227 e. The van der Waals surface area contributed by atoms with Crippen molar-refractivity contribution < 1.29 is 9.90 Å². The van der Waals surface area contributed by atoms with Gasteiger partial charge in [-0.25, -0.2) is 0 Å². The van der Waals surface area contributed by atoms with E-state index < -0.39 is 0 Å². The fourth-order valence-electron chi connectivity index (χ4n) is 2.06. The summed E-state index contributed by atoms with van der Waals surface area (Å²) < 4.78 is 0. The van der Waals surface area contributed by atoms with E-state index in [0.717, 1.165) is 11.1 Å². The molecule has 0 saturated carbocycles. The van der Waals surface area contributed by atoms with Crippen LogP contribution in [0.5, 0.6) is 0 Å². The molecule has 20 heavy (non-hydrogen) atoms. The minimum atomic E-state index is -0.244. The van der Waals surface area contributed by atoms with E-state index >= 15 is 0 Å². The van der Waals surface area contributed by atoms with Gasteiger partial charge in [0.1, 0.15) is 0 Å². The van der Waals surface area contributed by atoms with Gasteiger partial charge in [-0.2, -0.15) is 11.3 Å². The second-order valence-corrected chi connectivity index (χ2v) is 5.64. The molecular formula is C16H19NO2S. The number of amides is 1. The van der Waals surface area contributed by atoms with Gasteiger partial charge < -0.3 is 10.4 Å². The Labute approximate surface area is 123 Å². The lowest BCUT2D eigenvalue weighted by Crippen LogP contribution is -2.41. The molecule has 0 radical (unpaired) electrons. The van der Waals surface area contributed by atoms with Crippen LogP contribution in [-0.2, 0) is 11.2 Å². The Balaban J connectivity index is 1.94. The number of hydrogen-bond donors (Lipinski definition) is 2. The second kappa shape index (κ2) is 7.22. The largest absolute Gasteiger partial charge is 0.394 e. The van der Waals surface area contributed by atoms with E-state index in [1.165, 1.54) is 0 Å². The maximum absolute atomic E-state index is 12.2. The number of carbonyl (C=O) groups excluding carboxylic acids is 1. The topological polar surface area (TPSA) is 49.3 Å². The van der Waals surface area contributed by atoms with Gasteiger partial charge in [0.25, 0.3) is 0 Å². The van der Waals surface area contributed by atoms with Crippen LogP contribution in [0.1, 0.15) is 24.0 Å². The molecule has 0 bridgehead atoms. The summed E-state index contributed by atoms with van der Waals surface area (Å²) in [4.78, 5) is 12.2. The summed E-state index contributed by atoms with van der Waals surface area (Å²) in [6.45, 7) is 1.82. The molecule has 2 aromatic rings. The zero-order valence-electron chi connectivity index (χ0n) is 11.5. The average Bonchev–Trinajstić information content (AvgIpc) is 3.01. The van der Waals surface area contributed by atoms with Gasteiger partial charge in [-0.3, -0.25) is 4.79 Å². The number of aliphatic hydroxyl groups is 1. The number of thiophene rings is 1. The van der Waals surface area contributed by atoms with Crippen LogP contribution in [-0.4, -0.2) is 23.7 Å². The molecular weight excluding hydrogens is 270 g/mol. The normalized spacial score (nSPS) is 13.7. The van der Waals surface area contributed by atoms with Crippen LogP contribution in [0.2, 0.25) is 0 Å². The van der Waals surface area contributed by atoms with E-state index in [-0.39, 0.29) is 24.5 Å². The van der Waals surface area contributed by atoms with Gasteiger partial charge >= 0.3 is 0 Å². The standard InChI is InChI=1S/C16H19NO2S/c1-12(14-7-8-20-11-14)16(19)17-15(10-18)9-13-5-3-2-4-6-13/h2-8,11-12,15,18H,9-10H2,1H3,(H,17,19). The first-order valence-electron chi connectivity index (χ1n) is 6.68. The first kappa shape index (κ1) is 14.8. The van der Waals surface area contributed by atoms with Gasteiger partial charge in [-0.1, -0.05) is 30.3 Å². The van der Waals surface area contributed by atoms with E-state index in [0.29, 0.717) is 6.42 Å². The minimum Gasteiger partial charge on any atom is -0.394 e. The highest BCUT2D eigenvalue weighted by atomic mass is 32.1. The van der Waals surface area contributed by atoms with Crippen molar-refractivity contribution in [1.29, 1.82) is 0 Å². The first-order valence-corrected chi connectivity index (χ1v) is 7.62. The fraction of sp³-hybridized carbons (Fsp3) is 0.312. The van der Waals surface area contributed by atoms with Crippen LogP contribution in [0.25, 0.3) is 0 Å². The molecule has 3 nitrogen and oxygen atoms in total. The molecule has 0 aliphatic carbocycles. The van der Waals surface area contributed by atoms with Crippen LogP contribution < -0.4 is 5.32 Å². The number of benzene rings is 1. The summed E-state index contributed by atoms with van der Waals surface area (Å²) in [5.74, 6) is -0.232. The van der Waals surface area contributed by atoms with Crippen molar-refractivity contribution >= 4 is 17.2 Å². The van der Waals surface area contributed by atoms with Crippen molar-refractivity contribution in [2.45, 2.75) is 25.3 Å². The molecule has 106 valence electrons. The van der Waals surface area contributed by atoms with Crippen LogP contribution >= 0.6 is 11.3 Å². The van der Waals surface area contributed by atoms with E-state index in [1.807, 2.05) is 54.1 Å². The number of aliphatic hydroxyl groups excluding tert-OH is 1. The van der Waals surface area contributed by atoms with Crippen LogP contribution in [0.3, 0.4) is 0 Å². The van der Waals surface area contributed by atoms with Gasteiger partial charge in [0, 0.05) is 0 Å². The Hall–Kier alpha value is -1.65. The Morgan fingerprint density at radius 2 is 2.05 bits per heavy atom. The molecule has 1 amide bonds.